The molecule has 1 aliphatic rings. The first-order valence-electron chi connectivity index (χ1n) is 6.38. The average molecular weight is 248 g/mol. The standard InChI is InChI=1S/C14H20N2O2/c1-10(2)18-14(17)16(12-7-8-12)9-11-5-3-4-6-13(11)15/h3-6,10,12H,7-9,15H2,1-2H3. The van der Waals surface area contributed by atoms with Gasteiger partial charge < -0.3 is 15.4 Å². The molecule has 1 aliphatic carbocycles. The molecule has 2 rings (SSSR count). The van der Waals surface area contributed by atoms with Crippen molar-refractivity contribution in [3.05, 3.63) is 29.8 Å². The molecule has 18 heavy (non-hydrogen) atoms. The van der Waals surface area contributed by atoms with E-state index in [4.69, 9.17) is 10.5 Å². The number of benzene rings is 1. The zero-order chi connectivity index (χ0) is 13.1. The van der Waals surface area contributed by atoms with Crippen LogP contribution in [-0.4, -0.2) is 23.1 Å². The number of hydrogen-bond donors (Lipinski definition) is 1. The fourth-order valence-electron chi connectivity index (χ4n) is 1.86. The van der Waals surface area contributed by atoms with Gasteiger partial charge in [-0.2, -0.15) is 0 Å². The molecule has 0 bridgehead atoms. The Kier molecular flexibility index (Phi) is 3.75. The van der Waals surface area contributed by atoms with Gasteiger partial charge in [0.2, 0.25) is 0 Å². The predicted molar refractivity (Wildman–Crippen MR) is 71.0 cm³/mol. The van der Waals surface area contributed by atoms with Crippen molar-refractivity contribution in [2.24, 2.45) is 0 Å². The van der Waals surface area contributed by atoms with Crippen LogP contribution in [0.15, 0.2) is 24.3 Å². The second kappa shape index (κ2) is 5.29. The number of nitrogen functional groups attached to an aromatic ring is 1. The number of ether oxygens (including phenoxy) is 1. The summed E-state index contributed by atoms with van der Waals surface area (Å²) in [4.78, 5) is 13.8. The molecule has 4 heteroatoms. The Morgan fingerprint density at radius 1 is 1.44 bits per heavy atom. The summed E-state index contributed by atoms with van der Waals surface area (Å²) >= 11 is 0. The summed E-state index contributed by atoms with van der Waals surface area (Å²) in [5.74, 6) is 0. The maximum atomic E-state index is 12.0. The number of anilines is 1. The molecule has 0 unspecified atom stereocenters. The monoisotopic (exact) mass is 248 g/mol. The van der Waals surface area contributed by atoms with Crippen molar-refractivity contribution in [1.82, 2.24) is 4.90 Å². The van der Waals surface area contributed by atoms with E-state index in [0.29, 0.717) is 12.6 Å². The maximum Gasteiger partial charge on any atom is 0.410 e. The topological polar surface area (TPSA) is 55.6 Å². The molecule has 1 fully saturated rings. The summed E-state index contributed by atoms with van der Waals surface area (Å²) in [6.07, 6.45) is 1.78. The molecule has 98 valence electrons. The zero-order valence-electron chi connectivity index (χ0n) is 10.9. The van der Waals surface area contributed by atoms with Crippen molar-refractivity contribution < 1.29 is 9.53 Å². The van der Waals surface area contributed by atoms with Crippen molar-refractivity contribution in [3.8, 4) is 0 Å². The lowest BCUT2D eigenvalue weighted by molar-refractivity contribution is 0.0722. The Balaban J connectivity index is 2.07. The minimum absolute atomic E-state index is 0.0909. The van der Waals surface area contributed by atoms with E-state index in [1.807, 2.05) is 38.1 Å². The number of nitrogens with two attached hydrogens (primary N) is 1. The summed E-state index contributed by atoms with van der Waals surface area (Å²) in [6, 6.07) is 7.95. The Labute approximate surface area is 108 Å². The van der Waals surface area contributed by atoms with Crippen LogP contribution in [0, 0.1) is 0 Å². The molecule has 0 aromatic heterocycles. The van der Waals surface area contributed by atoms with Crippen molar-refractivity contribution in [2.75, 3.05) is 5.73 Å². The smallest absolute Gasteiger partial charge is 0.410 e. The van der Waals surface area contributed by atoms with Crippen molar-refractivity contribution in [2.45, 2.75) is 45.4 Å². The Morgan fingerprint density at radius 3 is 2.67 bits per heavy atom. The third-order valence-electron chi connectivity index (χ3n) is 2.95. The number of para-hydroxylation sites is 1. The first kappa shape index (κ1) is 12.7. The van der Waals surface area contributed by atoms with Crippen LogP contribution in [0.25, 0.3) is 0 Å². The second-order valence-corrected chi connectivity index (χ2v) is 4.99. The Morgan fingerprint density at radius 2 is 2.11 bits per heavy atom. The molecule has 0 atom stereocenters. The highest BCUT2D eigenvalue weighted by molar-refractivity contribution is 5.69. The van der Waals surface area contributed by atoms with Crippen LogP contribution in [0.1, 0.15) is 32.3 Å². The van der Waals surface area contributed by atoms with E-state index in [1.54, 1.807) is 4.90 Å². The van der Waals surface area contributed by atoms with Crippen LogP contribution in [0.4, 0.5) is 10.5 Å². The van der Waals surface area contributed by atoms with Gasteiger partial charge in [-0.1, -0.05) is 18.2 Å². The van der Waals surface area contributed by atoms with Gasteiger partial charge in [0, 0.05) is 11.7 Å². The van der Waals surface area contributed by atoms with Gasteiger partial charge in [0.25, 0.3) is 0 Å². The highest BCUT2D eigenvalue weighted by Crippen LogP contribution is 2.30. The van der Waals surface area contributed by atoms with E-state index in [9.17, 15) is 4.79 Å². The van der Waals surface area contributed by atoms with E-state index >= 15 is 0 Å². The van der Waals surface area contributed by atoms with Crippen LogP contribution in [0.5, 0.6) is 0 Å². The van der Waals surface area contributed by atoms with Gasteiger partial charge >= 0.3 is 6.09 Å². The van der Waals surface area contributed by atoms with Crippen LogP contribution in [0.3, 0.4) is 0 Å². The number of carbonyl (C=O) groups is 1. The molecule has 2 N–H and O–H groups in total. The SMILES string of the molecule is CC(C)OC(=O)N(Cc1ccccc1N)C1CC1. The summed E-state index contributed by atoms with van der Waals surface area (Å²) in [6.45, 7) is 4.25. The lowest BCUT2D eigenvalue weighted by Gasteiger charge is -2.23. The van der Waals surface area contributed by atoms with E-state index in [1.165, 1.54) is 0 Å². The second-order valence-electron chi connectivity index (χ2n) is 4.99. The van der Waals surface area contributed by atoms with E-state index in [-0.39, 0.29) is 12.2 Å². The third-order valence-corrected chi connectivity index (χ3v) is 2.95. The number of rotatable bonds is 4. The molecular weight excluding hydrogens is 228 g/mol. The highest BCUT2D eigenvalue weighted by Gasteiger charge is 2.34. The van der Waals surface area contributed by atoms with Gasteiger partial charge in [0.05, 0.1) is 12.6 Å². The van der Waals surface area contributed by atoms with Gasteiger partial charge in [0.1, 0.15) is 0 Å². The molecule has 0 saturated heterocycles. The molecule has 1 saturated carbocycles. The zero-order valence-corrected chi connectivity index (χ0v) is 10.9. The first-order valence-corrected chi connectivity index (χ1v) is 6.38. The van der Waals surface area contributed by atoms with Crippen LogP contribution < -0.4 is 5.73 Å². The van der Waals surface area contributed by atoms with Gasteiger partial charge in [-0.15, -0.1) is 0 Å². The fraction of sp³-hybridized carbons (Fsp3) is 0.500. The lowest BCUT2D eigenvalue weighted by Crippen LogP contribution is -2.34. The van der Waals surface area contributed by atoms with E-state index < -0.39 is 0 Å². The minimum Gasteiger partial charge on any atom is -0.447 e. The van der Waals surface area contributed by atoms with Gasteiger partial charge in [0.15, 0.2) is 0 Å². The Hall–Kier alpha value is -1.71. The lowest BCUT2D eigenvalue weighted by atomic mass is 10.1. The Bertz CT molecular complexity index is 428. The van der Waals surface area contributed by atoms with Crippen molar-refractivity contribution in [3.63, 3.8) is 0 Å². The summed E-state index contributed by atoms with van der Waals surface area (Å²) in [5, 5.41) is 0. The highest BCUT2D eigenvalue weighted by atomic mass is 16.6. The third kappa shape index (κ3) is 3.15. The van der Waals surface area contributed by atoms with Gasteiger partial charge in [-0.05, 0) is 38.3 Å². The number of nitrogens with zero attached hydrogens (tertiary/aromatic N) is 1. The average Bonchev–Trinajstić information content (AvgIpc) is 3.11. The number of carbonyl (C=O) groups excluding carboxylic acids is 1. The minimum atomic E-state index is -0.240. The fourth-order valence-corrected chi connectivity index (χ4v) is 1.86. The van der Waals surface area contributed by atoms with Gasteiger partial charge in [-0.3, -0.25) is 0 Å². The molecule has 4 nitrogen and oxygen atoms in total. The quantitative estimate of drug-likeness (QED) is 0.833. The van der Waals surface area contributed by atoms with E-state index in [0.717, 1.165) is 24.1 Å². The van der Waals surface area contributed by atoms with Crippen molar-refractivity contribution in [1.29, 1.82) is 0 Å². The molecule has 0 radical (unpaired) electrons. The summed E-state index contributed by atoms with van der Waals surface area (Å²) in [7, 11) is 0. The number of hydrogen-bond acceptors (Lipinski definition) is 3. The normalized spacial score (nSPS) is 14.6. The maximum absolute atomic E-state index is 12.0. The molecule has 1 amide bonds. The summed E-state index contributed by atoms with van der Waals surface area (Å²) in [5.41, 5.74) is 7.61. The predicted octanol–water partition coefficient (Wildman–Crippen LogP) is 2.78. The van der Waals surface area contributed by atoms with Crippen LogP contribution in [-0.2, 0) is 11.3 Å². The van der Waals surface area contributed by atoms with Crippen LogP contribution in [0.2, 0.25) is 0 Å². The summed E-state index contributed by atoms with van der Waals surface area (Å²) < 4.78 is 5.27. The van der Waals surface area contributed by atoms with E-state index in [2.05, 4.69) is 0 Å². The molecule has 1 aromatic carbocycles. The molecule has 0 heterocycles. The van der Waals surface area contributed by atoms with Crippen molar-refractivity contribution >= 4 is 11.8 Å². The molecule has 0 aliphatic heterocycles. The largest absolute Gasteiger partial charge is 0.447 e. The first-order chi connectivity index (χ1) is 8.58. The number of amides is 1. The molecule has 1 aromatic rings. The van der Waals surface area contributed by atoms with Gasteiger partial charge in [-0.25, -0.2) is 4.79 Å². The molecular formula is C14H20N2O2. The van der Waals surface area contributed by atoms with Crippen LogP contribution >= 0.6 is 0 Å². The molecule has 0 spiro atoms.